The van der Waals surface area contributed by atoms with Gasteiger partial charge in [-0.3, -0.25) is 14.4 Å². The molecule has 4 aliphatic carbocycles. The van der Waals surface area contributed by atoms with E-state index in [4.69, 9.17) is 4.74 Å². The molecular formula is C24H19NO5S. The molecule has 3 fully saturated rings. The van der Waals surface area contributed by atoms with Gasteiger partial charge in [0.15, 0.2) is 6.61 Å². The van der Waals surface area contributed by atoms with Gasteiger partial charge in [0.1, 0.15) is 0 Å². The number of amides is 2. The Bertz CT molecular complexity index is 1120. The van der Waals surface area contributed by atoms with E-state index in [0.29, 0.717) is 16.7 Å². The molecule has 7 heteroatoms. The SMILES string of the molecule is O=C(COC(=O)c1ccccc1N1C(=O)[C@@H]2[C@H]3C=C[C@H]([C@H]4C[C@H]34)[C@@H]2C1=O)c1cccs1. The van der Waals surface area contributed by atoms with E-state index in [1.807, 2.05) is 0 Å². The second kappa shape index (κ2) is 6.72. The first-order valence-electron chi connectivity index (χ1n) is 10.5. The fourth-order valence-corrected chi connectivity index (χ4v) is 6.40. The average Bonchev–Trinajstić information content (AvgIpc) is 3.36. The van der Waals surface area contributed by atoms with E-state index in [0.717, 1.165) is 6.42 Å². The van der Waals surface area contributed by atoms with E-state index < -0.39 is 12.6 Å². The Morgan fingerprint density at radius 1 is 0.968 bits per heavy atom. The van der Waals surface area contributed by atoms with Crippen molar-refractivity contribution in [3.8, 4) is 0 Å². The van der Waals surface area contributed by atoms with Crippen LogP contribution in [0, 0.1) is 35.5 Å². The minimum atomic E-state index is -0.722. The van der Waals surface area contributed by atoms with E-state index in [-0.39, 0.29) is 52.5 Å². The van der Waals surface area contributed by atoms with Gasteiger partial charge in [-0.1, -0.05) is 30.4 Å². The topological polar surface area (TPSA) is 80.8 Å². The molecule has 2 amide bonds. The molecule has 0 radical (unpaired) electrons. The highest BCUT2D eigenvalue weighted by Gasteiger charge is 2.67. The molecule has 1 aromatic carbocycles. The van der Waals surface area contributed by atoms with Crippen LogP contribution in [0.15, 0.2) is 53.9 Å². The number of Topliss-reactive ketones (excluding diaryl/α,β-unsaturated/α-hetero) is 1. The average molecular weight is 433 g/mol. The third-order valence-corrected chi connectivity index (χ3v) is 8.07. The quantitative estimate of drug-likeness (QED) is 0.313. The zero-order chi connectivity index (χ0) is 21.3. The summed E-state index contributed by atoms with van der Waals surface area (Å²) in [6.07, 6.45) is 5.33. The van der Waals surface area contributed by atoms with Gasteiger partial charge in [0.25, 0.3) is 0 Å². The summed E-state index contributed by atoms with van der Waals surface area (Å²) in [4.78, 5) is 53.4. The number of carbonyl (C=O) groups is 4. The smallest absolute Gasteiger partial charge is 0.340 e. The van der Waals surface area contributed by atoms with Gasteiger partial charge in [-0.15, -0.1) is 11.3 Å². The summed E-state index contributed by atoms with van der Waals surface area (Å²) in [5.74, 6) is -0.890. The molecule has 0 unspecified atom stereocenters. The highest BCUT2D eigenvalue weighted by molar-refractivity contribution is 7.12. The molecule has 2 aromatic rings. The number of thiophene rings is 1. The molecule has 0 spiro atoms. The van der Waals surface area contributed by atoms with Crippen LogP contribution in [0.3, 0.4) is 0 Å². The minimum absolute atomic E-state index is 0.115. The van der Waals surface area contributed by atoms with Gasteiger partial charge in [0.2, 0.25) is 17.6 Å². The molecule has 1 saturated heterocycles. The highest BCUT2D eigenvalue weighted by atomic mass is 32.1. The van der Waals surface area contributed by atoms with Crippen molar-refractivity contribution in [2.45, 2.75) is 6.42 Å². The molecule has 2 heterocycles. The number of benzene rings is 1. The molecule has 2 saturated carbocycles. The van der Waals surface area contributed by atoms with Crippen LogP contribution in [-0.4, -0.2) is 30.2 Å². The first-order chi connectivity index (χ1) is 15.1. The van der Waals surface area contributed by atoms with Gasteiger partial charge >= 0.3 is 5.97 Å². The lowest BCUT2D eigenvalue weighted by atomic mass is 9.63. The number of imide groups is 1. The van der Waals surface area contributed by atoms with Crippen molar-refractivity contribution in [1.29, 1.82) is 0 Å². The molecule has 7 rings (SSSR count). The number of allylic oxidation sites excluding steroid dienone is 2. The molecule has 6 nitrogen and oxygen atoms in total. The lowest BCUT2D eigenvalue weighted by Crippen LogP contribution is -2.40. The van der Waals surface area contributed by atoms with Crippen LogP contribution in [-0.2, 0) is 14.3 Å². The van der Waals surface area contributed by atoms with Crippen molar-refractivity contribution < 1.29 is 23.9 Å². The number of esters is 1. The molecule has 31 heavy (non-hydrogen) atoms. The zero-order valence-electron chi connectivity index (χ0n) is 16.5. The lowest BCUT2D eigenvalue weighted by Gasteiger charge is -2.37. The lowest BCUT2D eigenvalue weighted by molar-refractivity contribution is -0.124. The van der Waals surface area contributed by atoms with Crippen LogP contribution in [0.5, 0.6) is 0 Å². The van der Waals surface area contributed by atoms with Gasteiger partial charge in [0, 0.05) is 0 Å². The summed E-state index contributed by atoms with van der Waals surface area (Å²) >= 11 is 1.28. The van der Waals surface area contributed by atoms with E-state index in [1.54, 1.807) is 35.7 Å². The number of ketones is 1. The molecule has 156 valence electrons. The van der Waals surface area contributed by atoms with E-state index in [9.17, 15) is 19.2 Å². The van der Waals surface area contributed by atoms with Gasteiger partial charge < -0.3 is 4.74 Å². The molecule has 0 N–H and O–H groups in total. The van der Waals surface area contributed by atoms with Crippen molar-refractivity contribution >= 4 is 40.6 Å². The monoisotopic (exact) mass is 433 g/mol. The van der Waals surface area contributed by atoms with Crippen LogP contribution in [0.4, 0.5) is 5.69 Å². The van der Waals surface area contributed by atoms with Crippen molar-refractivity contribution in [3.63, 3.8) is 0 Å². The summed E-state index contributed by atoms with van der Waals surface area (Å²) < 4.78 is 5.24. The number of rotatable bonds is 5. The van der Waals surface area contributed by atoms with Crippen LogP contribution in [0.25, 0.3) is 0 Å². The zero-order valence-corrected chi connectivity index (χ0v) is 17.3. The Labute approximate surface area is 182 Å². The van der Waals surface area contributed by atoms with Crippen LogP contribution in [0.1, 0.15) is 26.5 Å². The van der Waals surface area contributed by atoms with Crippen molar-refractivity contribution in [3.05, 3.63) is 64.4 Å². The summed E-state index contributed by atoms with van der Waals surface area (Å²) in [5.41, 5.74) is 0.362. The third kappa shape index (κ3) is 2.69. The molecule has 2 bridgehead atoms. The first-order valence-corrected chi connectivity index (χ1v) is 11.3. The first kappa shape index (κ1) is 18.7. The second-order valence-electron chi connectivity index (χ2n) is 8.66. The normalized spacial score (nSPS) is 32.1. The van der Waals surface area contributed by atoms with Gasteiger partial charge in [0.05, 0.1) is 28.0 Å². The van der Waals surface area contributed by atoms with Crippen molar-refractivity contribution in [2.75, 3.05) is 11.5 Å². The fraction of sp³-hybridized carbons (Fsp3) is 0.333. The van der Waals surface area contributed by atoms with E-state index >= 15 is 0 Å². The Morgan fingerprint density at radius 2 is 1.65 bits per heavy atom. The minimum Gasteiger partial charge on any atom is -0.454 e. The Kier molecular flexibility index (Phi) is 4.05. The molecule has 1 aliphatic heterocycles. The summed E-state index contributed by atoms with van der Waals surface area (Å²) in [6.45, 7) is -0.391. The van der Waals surface area contributed by atoms with E-state index in [2.05, 4.69) is 12.2 Å². The predicted octanol–water partition coefficient (Wildman–Crippen LogP) is 3.35. The van der Waals surface area contributed by atoms with Gasteiger partial charge in [-0.25, -0.2) is 9.69 Å². The van der Waals surface area contributed by atoms with Gasteiger partial charge in [-0.2, -0.15) is 0 Å². The number of anilines is 1. The van der Waals surface area contributed by atoms with E-state index in [1.165, 1.54) is 22.3 Å². The molecule has 5 aliphatic rings. The number of nitrogens with zero attached hydrogens (tertiary/aromatic N) is 1. The second-order valence-corrected chi connectivity index (χ2v) is 9.61. The number of ether oxygens (including phenoxy) is 1. The maximum Gasteiger partial charge on any atom is 0.340 e. The number of hydrogen-bond donors (Lipinski definition) is 0. The van der Waals surface area contributed by atoms with Crippen molar-refractivity contribution in [2.24, 2.45) is 35.5 Å². The molecule has 1 aromatic heterocycles. The molecular weight excluding hydrogens is 414 g/mol. The maximum absolute atomic E-state index is 13.4. The Balaban J connectivity index is 1.27. The summed E-state index contributed by atoms with van der Waals surface area (Å²) in [7, 11) is 0. The number of carbonyl (C=O) groups excluding carboxylic acids is 4. The maximum atomic E-state index is 13.4. The largest absolute Gasteiger partial charge is 0.454 e. The molecule has 6 atom stereocenters. The Morgan fingerprint density at radius 3 is 2.29 bits per heavy atom. The standard InChI is InChI=1S/C24H19NO5S/c26-18(19-6-3-9-31-19)11-30-24(29)14-4-1-2-5-17(14)25-22(27)20-12-7-8-13(16-10-15(12)16)21(20)23(25)28/h1-9,12-13,15-16,20-21H,10-11H2/t12-,13+,15-,16-,20+,21-/m1/s1. The summed E-state index contributed by atoms with van der Waals surface area (Å²) in [5, 5.41) is 1.78. The van der Waals surface area contributed by atoms with Crippen LogP contribution >= 0.6 is 11.3 Å². The summed E-state index contributed by atoms with van der Waals surface area (Å²) in [6, 6.07) is 9.90. The van der Waals surface area contributed by atoms with Gasteiger partial charge in [-0.05, 0) is 53.7 Å². The number of para-hydroxylation sites is 1. The fourth-order valence-electron chi connectivity index (χ4n) is 5.75. The van der Waals surface area contributed by atoms with Crippen LogP contribution < -0.4 is 4.90 Å². The Hall–Kier alpha value is -3.06. The highest BCUT2D eigenvalue weighted by Crippen LogP contribution is 2.65. The number of hydrogen-bond acceptors (Lipinski definition) is 6. The van der Waals surface area contributed by atoms with Crippen LogP contribution in [0.2, 0.25) is 0 Å². The predicted molar refractivity (Wildman–Crippen MR) is 113 cm³/mol. The van der Waals surface area contributed by atoms with Crippen molar-refractivity contribution in [1.82, 2.24) is 0 Å². The third-order valence-electron chi connectivity index (χ3n) is 7.16.